The van der Waals surface area contributed by atoms with Crippen LogP contribution in [0.3, 0.4) is 0 Å². The summed E-state index contributed by atoms with van der Waals surface area (Å²) in [4.78, 5) is 25.0. The van der Waals surface area contributed by atoms with Crippen molar-refractivity contribution in [3.05, 3.63) is 0 Å². The van der Waals surface area contributed by atoms with E-state index < -0.39 is 0 Å². The summed E-state index contributed by atoms with van der Waals surface area (Å²) < 4.78 is 5.31. The number of urea groups is 1. The van der Waals surface area contributed by atoms with Crippen LogP contribution in [0.15, 0.2) is 0 Å². The maximum absolute atomic E-state index is 11.8. The number of nitrogens with one attached hydrogen (secondary N) is 1. The van der Waals surface area contributed by atoms with E-state index in [9.17, 15) is 9.59 Å². The number of hydrogen-bond acceptors (Lipinski definition) is 3. The Hall–Kier alpha value is -1.10. The minimum Gasteiger partial charge on any atom is -0.381 e. The largest absolute Gasteiger partial charge is 0.381 e. The fraction of sp³-hybridized carbons (Fsp3) is 0.818. The van der Waals surface area contributed by atoms with E-state index in [-0.39, 0.29) is 23.4 Å². The second-order valence-electron chi connectivity index (χ2n) is 4.92. The van der Waals surface area contributed by atoms with Crippen LogP contribution in [0.1, 0.15) is 26.7 Å². The average molecular weight is 226 g/mol. The Labute approximate surface area is 95.1 Å². The number of carbonyl (C=O) groups excluding carboxylic acids is 2. The first-order valence-corrected chi connectivity index (χ1v) is 5.73. The lowest BCUT2D eigenvalue weighted by Crippen LogP contribution is -2.62. The molecule has 0 saturated carbocycles. The van der Waals surface area contributed by atoms with Crippen molar-refractivity contribution in [1.29, 1.82) is 0 Å². The van der Waals surface area contributed by atoms with E-state index in [4.69, 9.17) is 4.74 Å². The topological polar surface area (TPSA) is 58.6 Å². The van der Waals surface area contributed by atoms with Gasteiger partial charge in [0.2, 0.25) is 5.91 Å². The van der Waals surface area contributed by atoms with Crippen molar-refractivity contribution < 1.29 is 14.3 Å². The zero-order valence-electron chi connectivity index (χ0n) is 9.78. The molecular formula is C11H18N2O3. The van der Waals surface area contributed by atoms with Gasteiger partial charge in [-0.3, -0.25) is 10.1 Å². The Bertz CT molecular complexity index is 310. The summed E-state index contributed by atoms with van der Waals surface area (Å²) in [5.74, 6) is -0.297. The number of rotatable bonds is 1. The van der Waals surface area contributed by atoms with Gasteiger partial charge in [-0.05, 0) is 19.8 Å². The zero-order valence-corrected chi connectivity index (χ0v) is 9.78. The molecule has 0 spiro atoms. The molecule has 2 heterocycles. The van der Waals surface area contributed by atoms with Crippen LogP contribution in [-0.4, -0.2) is 42.1 Å². The monoisotopic (exact) mass is 226 g/mol. The summed E-state index contributed by atoms with van der Waals surface area (Å²) in [5.41, 5.74) is -0.169. The number of amides is 3. The second-order valence-corrected chi connectivity index (χ2v) is 4.92. The van der Waals surface area contributed by atoms with E-state index in [1.807, 2.05) is 6.92 Å². The highest BCUT2D eigenvalue weighted by molar-refractivity contribution is 5.98. The van der Waals surface area contributed by atoms with Gasteiger partial charge < -0.3 is 9.64 Å². The third-order valence-electron chi connectivity index (χ3n) is 3.60. The maximum atomic E-state index is 11.8. The van der Waals surface area contributed by atoms with Crippen molar-refractivity contribution >= 4 is 11.9 Å². The first-order chi connectivity index (χ1) is 7.53. The lowest BCUT2D eigenvalue weighted by Gasteiger charge is -2.46. The molecule has 1 N–H and O–H groups in total. The summed E-state index contributed by atoms with van der Waals surface area (Å²) in [7, 11) is 0. The highest BCUT2D eigenvalue weighted by Gasteiger charge is 2.41. The Morgan fingerprint density at radius 2 is 2.00 bits per heavy atom. The van der Waals surface area contributed by atoms with Gasteiger partial charge in [0.15, 0.2) is 0 Å². The smallest absolute Gasteiger partial charge is 0.324 e. The zero-order chi connectivity index (χ0) is 11.8. The van der Waals surface area contributed by atoms with Gasteiger partial charge >= 0.3 is 6.03 Å². The van der Waals surface area contributed by atoms with Crippen LogP contribution >= 0.6 is 0 Å². The van der Waals surface area contributed by atoms with Crippen LogP contribution in [0.4, 0.5) is 4.79 Å². The number of nitrogens with zero attached hydrogens (tertiary/aromatic N) is 1. The molecule has 0 radical (unpaired) electrons. The van der Waals surface area contributed by atoms with Crippen LogP contribution in [0.25, 0.3) is 0 Å². The van der Waals surface area contributed by atoms with Gasteiger partial charge in [-0.1, -0.05) is 6.92 Å². The maximum Gasteiger partial charge on any atom is 0.324 e. The van der Waals surface area contributed by atoms with Gasteiger partial charge in [0.05, 0.1) is 5.92 Å². The van der Waals surface area contributed by atoms with Gasteiger partial charge in [0.1, 0.15) is 0 Å². The number of imide groups is 1. The Morgan fingerprint density at radius 1 is 1.38 bits per heavy atom. The third kappa shape index (κ3) is 1.91. The van der Waals surface area contributed by atoms with Gasteiger partial charge in [-0.15, -0.1) is 0 Å². The van der Waals surface area contributed by atoms with Crippen molar-refractivity contribution in [2.24, 2.45) is 5.92 Å². The third-order valence-corrected chi connectivity index (χ3v) is 3.60. The molecule has 2 aliphatic rings. The quantitative estimate of drug-likeness (QED) is 0.717. The van der Waals surface area contributed by atoms with Gasteiger partial charge in [0.25, 0.3) is 0 Å². The Balaban J connectivity index is 2.13. The number of ether oxygens (including phenoxy) is 1. The van der Waals surface area contributed by atoms with Crippen molar-refractivity contribution in [3.8, 4) is 0 Å². The second kappa shape index (κ2) is 4.05. The van der Waals surface area contributed by atoms with Crippen LogP contribution < -0.4 is 5.32 Å². The molecule has 0 aliphatic carbocycles. The number of hydrogen-bond donors (Lipinski definition) is 1. The molecule has 0 aromatic rings. The predicted octanol–water partition coefficient (Wildman–Crippen LogP) is 0.743. The molecule has 3 amide bonds. The van der Waals surface area contributed by atoms with Gasteiger partial charge in [0, 0.05) is 25.3 Å². The van der Waals surface area contributed by atoms with E-state index >= 15 is 0 Å². The lowest BCUT2D eigenvalue weighted by atomic mass is 9.89. The molecule has 0 aromatic carbocycles. The molecule has 2 saturated heterocycles. The molecule has 0 aromatic heterocycles. The van der Waals surface area contributed by atoms with Crippen molar-refractivity contribution in [2.45, 2.75) is 32.2 Å². The lowest BCUT2D eigenvalue weighted by molar-refractivity contribution is -0.127. The van der Waals surface area contributed by atoms with Crippen LogP contribution in [-0.2, 0) is 9.53 Å². The van der Waals surface area contributed by atoms with Crippen LogP contribution in [0, 0.1) is 5.92 Å². The predicted molar refractivity (Wildman–Crippen MR) is 57.9 cm³/mol. The van der Waals surface area contributed by atoms with Crippen molar-refractivity contribution in [1.82, 2.24) is 10.2 Å². The normalized spacial score (nSPS) is 30.1. The minimum atomic E-state index is -0.257. The van der Waals surface area contributed by atoms with Crippen LogP contribution in [0.5, 0.6) is 0 Å². The summed E-state index contributed by atoms with van der Waals surface area (Å²) in [6, 6.07) is -0.257. The molecule has 0 bridgehead atoms. The van der Waals surface area contributed by atoms with E-state index in [0.29, 0.717) is 19.8 Å². The molecule has 2 rings (SSSR count). The highest BCUT2D eigenvalue weighted by atomic mass is 16.5. The molecule has 1 atom stereocenters. The van der Waals surface area contributed by atoms with Gasteiger partial charge in [-0.25, -0.2) is 4.79 Å². The molecule has 1 unspecified atom stereocenters. The van der Waals surface area contributed by atoms with E-state index in [2.05, 4.69) is 12.2 Å². The summed E-state index contributed by atoms with van der Waals surface area (Å²) >= 11 is 0. The van der Waals surface area contributed by atoms with Crippen molar-refractivity contribution in [3.63, 3.8) is 0 Å². The van der Waals surface area contributed by atoms with Crippen molar-refractivity contribution in [2.75, 3.05) is 19.8 Å². The molecular weight excluding hydrogens is 208 g/mol. The fourth-order valence-corrected chi connectivity index (χ4v) is 2.28. The fourth-order valence-electron chi connectivity index (χ4n) is 2.28. The summed E-state index contributed by atoms with van der Waals surface area (Å²) in [6.45, 7) is 5.79. The Kier molecular flexibility index (Phi) is 2.88. The summed E-state index contributed by atoms with van der Waals surface area (Å²) in [6.07, 6.45) is 1.67. The first kappa shape index (κ1) is 11.4. The summed E-state index contributed by atoms with van der Waals surface area (Å²) in [5, 5.41) is 2.41. The van der Waals surface area contributed by atoms with Gasteiger partial charge in [-0.2, -0.15) is 0 Å². The first-order valence-electron chi connectivity index (χ1n) is 5.73. The van der Waals surface area contributed by atoms with Crippen LogP contribution in [0.2, 0.25) is 0 Å². The standard InChI is InChI=1S/C11H18N2O3/c1-8-7-13(10(15)12-9(8)14)11(2)3-5-16-6-4-11/h8H,3-7H2,1-2H3,(H,12,14,15). The van der Waals surface area contributed by atoms with E-state index in [0.717, 1.165) is 12.8 Å². The Morgan fingerprint density at radius 3 is 2.62 bits per heavy atom. The molecule has 5 nitrogen and oxygen atoms in total. The molecule has 16 heavy (non-hydrogen) atoms. The minimum absolute atomic E-state index is 0.127. The highest BCUT2D eigenvalue weighted by Crippen LogP contribution is 2.29. The SMILES string of the molecule is CC1CN(C2(C)CCOCC2)C(=O)NC1=O. The molecule has 2 aliphatic heterocycles. The average Bonchev–Trinajstić information content (AvgIpc) is 2.24. The molecule has 5 heteroatoms. The molecule has 2 fully saturated rings. The van der Waals surface area contributed by atoms with E-state index in [1.54, 1.807) is 4.90 Å². The molecule has 90 valence electrons. The van der Waals surface area contributed by atoms with E-state index in [1.165, 1.54) is 0 Å². The number of carbonyl (C=O) groups is 2.